The first-order valence-electron chi connectivity index (χ1n) is 8.61. The Balaban J connectivity index is 2.08. The molecule has 0 saturated heterocycles. The number of azo groups is 1. The Kier molecular flexibility index (Phi) is 5.33. The predicted molar refractivity (Wildman–Crippen MR) is 105 cm³/mol. The molecule has 0 fully saturated rings. The van der Waals surface area contributed by atoms with Crippen molar-refractivity contribution in [1.82, 2.24) is 9.55 Å². The van der Waals surface area contributed by atoms with E-state index in [2.05, 4.69) is 15.2 Å². The van der Waals surface area contributed by atoms with Gasteiger partial charge in [0.1, 0.15) is 11.6 Å². The minimum atomic E-state index is -0.460. The number of thiazole rings is 1. The van der Waals surface area contributed by atoms with Crippen LogP contribution in [-0.4, -0.2) is 14.7 Å². The van der Waals surface area contributed by atoms with Gasteiger partial charge >= 0.3 is 0 Å². The van der Waals surface area contributed by atoms with Gasteiger partial charge in [-0.2, -0.15) is 5.26 Å². The highest BCUT2D eigenvalue weighted by Crippen LogP contribution is 2.31. The van der Waals surface area contributed by atoms with E-state index in [0.717, 1.165) is 22.2 Å². The number of unbranched alkanes of at least 4 members (excludes halogenated alkanes) is 1. The first kappa shape index (κ1) is 18.7. The van der Waals surface area contributed by atoms with Gasteiger partial charge in [0.15, 0.2) is 5.69 Å². The van der Waals surface area contributed by atoms with Gasteiger partial charge in [-0.25, -0.2) is 4.98 Å². The molecule has 0 spiro atoms. The van der Waals surface area contributed by atoms with Crippen LogP contribution in [0.4, 0.5) is 10.8 Å². The quantitative estimate of drug-likeness (QED) is 0.637. The number of pyridine rings is 1. The van der Waals surface area contributed by atoms with Gasteiger partial charge in [0.05, 0.1) is 10.2 Å². The van der Waals surface area contributed by atoms with Gasteiger partial charge in [-0.15, -0.1) is 10.2 Å². The molecule has 2 aromatic heterocycles. The summed E-state index contributed by atoms with van der Waals surface area (Å²) in [5.41, 5.74) is 1.89. The summed E-state index contributed by atoms with van der Waals surface area (Å²) in [5, 5.41) is 28.3. The molecule has 0 aliphatic carbocycles. The van der Waals surface area contributed by atoms with E-state index in [0.29, 0.717) is 23.7 Å². The van der Waals surface area contributed by atoms with Crippen molar-refractivity contribution in [3.8, 4) is 11.9 Å². The van der Waals surface area contributed by atoms with Crippen LogP contribution in [0.1, 0.15) is 36.5 Å². The van der Waals surface area contributed by atoms with Crippen LogP contribution < -0.4 is 5.56 Å². The fraction of sp³-hybridized carbons (Fsp3) is 0.316. The lowest BCUT2D eigenvalue weighted by Crippen LogP contribution is -2.22. The van der Waals surface area contributed by atoms with Crippen molar-refractivity contribution in [3.05, 3.63) is 45.2 Å². The van der Waals surface area contributed by atoms with E-state index in [1.165, 1.54) is 15.9 Å². The molecule has 2 heterocycles. The van der Waals surface area contributed by atoms with E-state index < -0.39 is 5.56 Å². The molecule has 3 aromatic rings. The molecule has 0 bridgehead atoms. The van der Waals surface area contributed by atoms with Gasteiger partial charge in [0.2, 0.25) is 11.0 Å². The second kappa shape index (κ2) is 7.68. The molecule has 3 rings (SSSR count). The molecular formula is C19H19N5O2S. The molecule has 7 nitrogen and oxygen atoms in total. The Bertz CT molecular complexity index is 1140. The molecule has 0 aliphatic heterocycles. The largest absolute Gasteiger partial charge is 0.493 e. The molecule has 27 heavy (non-hydrogen) atoms. The van der Waals surface area contributed by atoms with Gasteiger partial charge < -0.3 is 5.11 Å². The van der Waals surface area contributed by atoms with Crippen LogP contribution in [0.3, 0.4) is 0 Å². The number of aryl methyl sites for hydroxylation is 1. The monoisotopic (exact) mass is 381 g/mol. The fourth-order valence-corrected chi connectivity index (χ4v) is 3.62. The minimum absolute atomic E-state index is 0.0413. The zero-order valence-electron chi connectivity index (χ0n) is 15.4. The van der Waals surface area contributed by atoms with E-state index in [9.17, 15) is 15.2 Å². The summed E-state index contributed by atoms with van der Waals surface area (Å²) >= 11 is 1.38. The number of nitrogens with zero attached hydrogens (tertiary/aromatic N) is 5. The summed E-state index contributed by atoms with van der Waals surface area (Å²) in [5.74, 6) is -0.317. The zero-order valence-corrected chi connectivity index (χ0v) is 16.2. The Morgan fingerprint density at radius 1 is 1.33 bits per heavy atom. The van der Waals surface area contributed by atoms with Crippen LogP contribution in [0.5, 0.6) is 5.88 Å². The number of benzene rings is 1. The highest BCUT2D eigenvalue weighted by atomic mass is 32.1. The van der Waals surface area contributed by atoms with Crippen molar-refractivity contribution >= 4 is 32.4 Å². The van der Waals surface area contributed by atoms with Crippen molar-refractivity contribution in [2.24, 2.45) is 10.2 Å². The van der Waals surface area contributed by atoms with E-state index in [1.54, 1.807) is 6.92 Å². The van der Waals surface area contributed by atoms with Crippen LogP contribution in [0.25, 0.3) is 10.2 Å². The smallest absolute Gasteiger partial charge is 0.281 e. The molecule has 8 heteroatoms. The number of aromatic nitrogens is 2. The average Bonchev–Trinajstić information content (AvgIpc) is 3.03. The lowest BCUT2D eigenvalue weighted by molar-refractivity contribution is 0.399. The number of hydrogen-bond acceptors (Lipinski definition) is 7. The molecule has 138 valence electrons. The van der Waals surface area contributed by atoms with Crippen molar-refractivity contribution < 1.29 is 5.11 Å². The van der Waals surface area contributed by atoms with Crippen LogP contribution in [0.2, 0.25) is 0 Å². The summed E-state index contributed by atoms with van der Waals surface area (Å²) in [4.78, 5) is 17.1. The molecule has 0 amide bonds. The van der Waals surface area contributed by atoms with Gasteiger partial charge in [-0.3, -0.25) is 9.36 Å². The summed E-state index contributed by atoms with van der Waals surface area (Å²) in [6.07, 6.45) is 1.55. The van der Waals surface area contributed by atoms with E-state index in [1.807, 2.05) is 38.1 Å². The van der Waals surface area contributed by atoms with Gasteiger partial charge in [-0.05, 0) is 38.0 Å². The highest BCUT2D eigenvalue weighted by Gasteiger charge is 2.19. The van der Waals surface area contributed by atoms with E-state index >= 15 is 0 Å². The molecule has 1 aromatic carbocycles. The summed E-state index contributed by atoms with van der Waals surface area (Å²) in [6.45, 7) is 5.89. The average molecular weight is 381 g/mol. The zero-order chi connectivity index (χ0) is 19.6. The van der Waals surface area contributed by atoms with Crippen LogP contribution >= 0.6 is 11.3 Å². The van der Waals surface area contributed by atoms with Crippen molar-refractivity contribution in [2.75, 3.05) is 0 Å². The number of hydrogen-bond donors (Lipinski definition) is 1. The van der Waals surface area contributed by atoms with Gasteiger partial charge in [0.25, 0.3) is 5.56 Å². The SMILES string of the molecule is CCCCn1c(O)c(C#N)c(C)c(N=Nc2nc3ccc(C)cc3s2)c1=O. The molecular weight excluding hydrogens is 362 g/mol. The Morgan fingerprint density at radius 2 is 2.11 bits per heavy atom. The van der Waals surface area contributed by atoms with Crippen LogP contribution in [0, 0.1) is 25.2 Å². The Morgan fingerprint density at radius 3 is 2.81 bits per heavy atom. The highest BCUT2D eigenvalue weighted by molar-refractivity contribution is 7.21. The standard InChI is InChI=1S/C19H19N5O2S/c1-4-5-8-24-17(25)13(10-20)12(3)16(18(24)26)22-23-19-21-14-7-6-11(2)9-15(14)27-19/h6-7,9,25H,4-5,8H2,1-3H3. The van der Waals surface area contributed by atoms with Gasteiger partial charge in [-0.1, -0.05) is 30.7 Å². The lowest BCUT2D eigenvalue weighted by atomic mass is 10.1. The number of aromatic hydroxyl groups is 1. The van der Waals surface area contributed by atoms with Crippen molar-refractivity contribution in [2.45, 2.75) is 40.2 Å². The fourth-order valence-electron chi connectivity index (χ4n) is 2.74. The normalized spacial score (nSPS) is 11.3. The topological polar surface area (TPSA) is 104 Å². The predicted octanol–water partition coefficient (Wildman–Crippen LogP) is 4.87. The molecule has 0 radical (unpaired) electrons. The minimum Gasteiger partial charge on any atom is -0.493 e. The number of fused-ring (bicyclic) bond motifs is 1. The third-order valence-corrected chi connectivity index (χ3v) is 5.17. The number of rotatable bonds is 5. The maximum absolute atomic E-state index is 12.7. The third-order valence-electron chi connectivity index (χ3n) is 4.27. The summed E-state index contributed by atoms with van der Waals surface area (Å²) in [7, 11) is 0. The lowest BCUT2D eigenvalue weighted by Gasteiger charge is -2.12. The second-order valence-corrected chi connectivity index (χ2v) is 7.27. The molecule has 0 aliphatic rings. The maximum Gasteiger partial charge on any atom is 0.281 e. The molecule has 0 atom stereocenters. The van der Waals surface area contributed by atoms with Crippen LogP contribution in [0.15, 0.2) is 33.2 Å². The van der Waals surface area contributed by atoms with E-state index in [-0.39, 0.29) is 17.1 Å². The summed E-state index contributed by atoms with van der Waals surface area (Å²) in [6, 6.07) is 7.85. The molecule has 0 unspecified atom stereocenters. The Labute approximate surface area is 160 Å². The molecule has 0 saturated carbocycles. The Hall–Kier alpha value is -3.05. The van der Waals surface area contributed by atoms with Gasteiger partial charge in [0, 0.05) is 12.1 Å². The third kappa shape index (κ3) is 3.59. The summed E-state index contributed by atoms with van der Waals surface area (Å²) < 4.78 is 2.18. The first-order valence-corrected chi connectivity index (χ1v) is 9.43. The van der Waals surface area contributed by atoms with Crippen LogP contribution in [-0.2, 0) is 6.54 Å². The molecule has 1 N–H and O–H groups in total. The number of nitriles is 1. The maximum atomic E-state index is 12.7. The first-order chi connectivity index (χ1) is 13.0. The van der Waals surface area contributed by atoms with E-state index in [4.69, 9.17) is 0 Å². The second-order valence-electron chi connectivity index (χ2n) is 6.26. The van der Waals surface area contributed by atoms with Crippen molar-refractivity contribution in [3.63, 3.8) is 0 Å². The van der Waals surface area contributed by atoms with Crippen molar-refractivity contribution in [1.29, 1.82) is 5.26 Å².